The molecule has 1 aromatic heterocycles. The Balaban J connectivity index is 1.73. The highest BCUT2D eigenvalue weighted by Gasteiger charge is 2.24. The molecule has 1 unspecified atom stereocenters. The van der Waals surface area contributed by atoms with E-state index in [9.17, 15) is 0 Å². The lowest BCUT2D eigenvalue weighted by Crippen LogP contribution is -2.13. The second-order valence-electron chi connectivity index (χ2n) is 4.79. The summed E-state index contributed by atoms with van der Waals surface area (Å²) in [5, 5.41) is 4.49. The Kier molecular flexibility index (Phi) is 2.52. The molecule has 98 valence electrons. The lowest BCUT2D eigenvalue weighted by molar-refractivity contribution is 0.339. The molecular formula is C16H13N3O. The predicted molar refractivity (Wildman–Crippen MR) is 77.8 cm³/mol. The smallest absolute Gasteiger partial charge is 0.137 e. The van der Waals surface area contributed by atoms with E-state index < -0.39 is 0 Å². The highest BCUT2D eigenvalue weighted by Crippen LogP contribution is 2.34. The number of benzene rings is 2. The average Bonchev–Trinajstić information content (AvgIpc) is 2.91. The molecule has 1 aliphatic rings. The van der Waals surface area contributed by atoms with Gasteiger partial charge in [0, 0.05) is 10.9 Å². The van der Waals surface area contributed by atoms with Crippen molar-refractivity contribution in [1.29, 1.82) is 0 Å². The number of para-hydroxylation sites is 2. The number of anilines is 1. The first-order valence-corrected chi connectivity index (χ1v) is 6.60. The van der Waals surface area contributed by atoms with Crippen LogP contribution in [0.1, 0.15) is 11.6 Å². The first-order chi connectivity index (χ1) is 9.92. The van der Waals surface area contributed by atoms with Crippen molar-refractivity contribution in [3.05, 3.63) is 60.4 Å². The Labute approximate surface area is 116 Å². The van der Waals surface area contributed by atoms with Crippen molar-refractivity contribution in [2.45, 2.75) is 6.04 Å². The van der Waals surface area contributed by atoms with E-state index >= 15 is 0 Å². The van der Waals surface area contributed by atoms with Crippen LogP contribution in [0.15, 0.2) is 54.9 Å². The highest BCUT2D eigenvalue weighted by molar-refractivity contribution is 5.88. The number of nitrogens with one attached hydrogen (secondary N) is 1. The molecule has 1 N–H and O–H groups in total. The first-order valence-electron chi connectivity index (χ1n) is 6.60. The third kappa shape index (κ3) is 1.77. The molecule has 0 bridgehead atoms. The minimum absolute atomic E-state index is 0.129. The fraction of sp³-hybridized carbons (Fsp3) is 0.125. The van der Waals surface area contributed by atoms with Gasteiger partial charge in [0.1, 0.15) is 24.5 Å². The van der Waals surface area contributed by atoms with Crippen LogP contribution in [-0.2, 0) is 0 Å². The molecule has 0 saturated carbocycles. The maximum absolute atomic E-state index is 5.69. The van der Waals surface area contributed by atoms with Crippen molar-refractivity contribution >= 4 is 16.7 Å². The minimum Gasteiger partial charge on any atom is -0.491 e. The van der Waals surface area contributed by atoms with Gasteiger partial charge in [-0.1, -0.05) is 30.3 Å². The molecule has 0 fully saturated rings. The van der Waals surface area contributed by atoms with Crippen LogP contribution >= 0.6 is 0 Å². The number of hydrogen-bond donors (Lipinski definition) is 1. The molecule has 1 atom stereocenters. The maximum Gasteiger partial charge on any atom is 0.137 e. The summed E-state index contributed by atoms with van der Waals surface area (Å²) >= 11 is 0. The van der Waals surface area contributed by atoms with E-state index in [1.807, 2.05) is 42.5 Å². The fourth-order valence-corrected chi connectivity index (χ4v) is 2.57. The number of fused-ring (bicyclic) bond motifs is 2. The summed E-state index contributed by atoms with van der Waals surface area (Å²) in [5.41, 5.74) is 2.12. The second-order valence-corrected chi connectivity index (χ2v) is 4.79. The van der Waals surface area contributed by atoms with Crippen LogP contribution in [0.3, 0.4) is 0 Å². The molecule has 2 aromatic carbocycles. The van der Waals surface area contributed by atoms with Gasteiger partial charge in [0.25, 0.3) is 0 Å². The molecule has 0 saturated heterocycles. The summed E-state index contributed by atoms with van der Waals surface area (Å²) < 4.78 is 5.69. The third-order valence-electron chi connectivity index (χ3n) is 3.55. The average molecular weight is 263 g/mol. The first kappa shape index (κ1) is 11.2. The van der Waals surface area contributed by atoms with Crippen molar-refractivity contribution < 1.29 is 4.74 Å². The number of nitrogens with zero attached hydrogens (tertiary/aromatic N) is 2. The van der Waals surface area contributed by atoms with Gasteiger partial charge in [-0.25, -0.2) is 9.97 Å². The number of hydrogen-bond acceptors (Lipinski definition) is 4. The van der Waals surface area contributed by atoms with Crippen LogP contribution in [0, 0.1) is 0 Å². The zero-order valence-corrected chi connectivity index (χ0v) is 10.8. The van der Waals surface area contributed by atoms with Crippen molar-refractivity contribution in [3.8, 4) is 5.75 Å². The van der Waals surface area contributed by atoms with Gasteiger partial charge in [-0.2, -0.15) is 0 Å². The number of rotatable bonds is 2. The molecule has 4 nitrogen and oxygen atoms in total. The van der Waals surface area contributed by atoms with Crippen LogP contribution in [0.4, 0.5) is 5.82 Å². The lowest BCUT2D eigenvalue weighted by Gasteiger charge is -2.13. The Morgan fingerprint density at radius 3 is 2.85 bits per heavy atom. The molecule has 20 heavy (non-hydrogen) atoms. The SMILES string of the molecule is c1ccc2c(c1)OCC2Nc1ncnc2ccccc12. The molecular weight excluding hydrogens is 250 g/mol. The minimum atomic E-state index is 0.129. The van der Waals surface area contributed by atoms with E-state index in [0.717, 1.165) is 22.5 Å². The monoisotopic (exact) mass is 263 g/mol. The Morgan fingerprint density at radius 2 is 1.85 bits per heavy atom. The highest BCUT2D eigenvalue weighted by atomic mass is 16.5. The fourth-order valence-electron chi connectivity index (χ4n) is 2.57. The zero-order valence-electron chi connectivity index (χ0n) is 10.8. The molecule has 0 aliphatic carbocycles. The zero-order chi connectivity index (χ0) is 13.4. The van der Waals surface area contributed by atoms with Gasteiger partial charge < -0.3 is 10.1 Å². The summed E-state index contributed by atoms with van der Waals surface area (Å²) in [6.45, 7) is 0.623. The van der Waals surface area contributed by atoms with Crippen LogP contribution in [-0.4, -0.2) is 16.6 Å². The van der Waals surface area contributed by atoms with Crippen molar-refractivity contribution in [1.82, 2.24) is 9.97 Å². The van der Waals surface area contributed by atoms with Crippen LogP contribution < -0.4 is 10.1 Å². The third-order valence-corrected chi connectivity index (χ3v) is 3.55. The Hall–Kier alpha value is -2.62. The van der Waals surface area contributed by atoms with Gasteiger partial charge in [-0.05, 0) is 18.2 Å². The summed E-state index contributed by atoms with van der Waals surface area (Å²) in [7, 11) is 0. The predicted octanol–water partition coefficient (Wildman–Crippen LogP) is 3.18. The van der Waals surface area contributed by atoms with Crippen LogP contribution in [0.2, 0.25) is 0 Å². The lowest BCUT2D eigenvalue weighted by atomic mass is 10.1. The molecule has 0 radical (unpaired) electrons. The van der Waals surface area contributed by atoms with Crippen molar-refractivity contribution in [2.24, 2.45) is 0 Å². The van der Waals surface area contributed by atoms with Gasteiger partial charge >= 0.3 is 0 Å². The van der Waals surface area contributed by atoms with Gasteiger partial charge in [0.05, 0.1) is 11.6 Å². The van der Waals surface area contributed by atoms with Gasteiger partial charge in [-0.3, -0.25) is 0 Å². The molecule has 4 heteroatoms. The summed E-state index contributed by atoms with van der Waals surface area (Å²) in [6, 6.07) is 16.2. The van der Waals surface area contributed by atoms with E-state index in [0.29, 0.717) is 6.61 Å². The van der Waals surface area contributed by atoms with E-state index in [2.05, 4.69) is 21.4 Å². The van der Waals surface area contributed by atoms with E-state index in [-0.39, 0.29) is 6.04 Å². The molecule has 3 aromatic rings. The molecule has 0 amide bonds. The molecule has 4 rings (SSSR count). The van der Waals surface area contributed by atoms with E-state index in [4.69, 9.17) is 4.74 Å². The normalized spacial score (nSPS) is 16.7. The summed E-state index contributed by atoms with van der Waals surface area (Å²) in [4.78, 5) is 8.64. The maximum atomic E-state index is 5.69. The number of aromatic nitrogens is 2. The van der Waals surface area contributed by atoms with Crippen molar-refractivity contribution in [3.63, 3.8) is 0 Å². The van der Waals surface area contributed by atoms with Gasteiger partial charge in [-0.15, -0.1) is 0 Å². The quantitative estimate of drug-likeness (QED) is 0.771. The standard InChI is InChI=1S/C16H13N3O/c1-3-7-13-12(6-1)16(18-10-17-13)19-14-9-20-15-8-4-2-5-11(14)15/h1-8,10,14H,9H2,(H,17,18,19). The second kappa shape index (κ2) is 4.49. The van der Waals surface area contributed by atoms with E-state index in [1.165, 1.54) is 5.56 Å². The summed E-state index contributed by atoms with van der Waals surface area (Å²) in [6.07, 6.45) is 1.59. The number of ether oxygens (including phenoxy) is 1. The Bertz CT molecular complexity index is 767. The largest absolute Gasteiger partial charge is 0.491 e. The van der Waals surface area contributed by atoms with Crippen molar-refractivity contribution in [2.75, 3.05) is 11.9 Å². The Morgan fingerprint density at radius 1 is 1.00 bits per heavy atom. The van der Waals surface area contributed by atoms with Crippen LogP contribution in [0.5, 0.6) is 5.75 Å². The van der Waals surface area contributed by atoms with E-state index in [1.54, 1.807) is 6.33 Å². The molecule has 0 spiro atoms. The topological polar surface area (TPSA) is 47.0 Å². The van der Waals surface area contributed by atoms with Gasteiger partial charge in [0.2, 0.25) is 0 Å². The molecule has 1 aliphatic heterocycles. The summed E-state index contributed by atoms with van der Waals surface area (Å²) in [5.74, 6) is 1.80. The molecule has 2 heterocycles. The van der Waals surface area contributed by atoms with Gasteiger partial charge in [0.15, 0.2) is 0 Å². The van der Waals surface area contributed by atoms with Crippen LogP contribution in [0.25, 0.3) is 10.9 Å².